The average Bonchev–Trinajstić information content (AvgIpc) is 2.21. The number of aliphatic hydroxyl groups is 1. The number of hydrogen-bond acceptors (Lipinski definition) is 2. The van der Waals surface area contributed by atoms with E-state index in [4.69, 9.17) is 5.11 Å². The predicted molar refractivity (Wildman–Crippen MR) is 62.6 cm³/mol. The maximum atomic E-state index is 11.4. The van der Waals surface area contributed by atoms with Crippen LogP contribution in [0.1, 0.15) is 52.9 Å². The highest BCUT2D eigenvalue weighted by Crippen LogP contribution is 2.20. The van der Waals surface area contributed by atoms with Crippen LogP contribution in [-0.2, 0) is 4.79 Å². The largest absolute Gasteiger partial charge is 0.396 e. The monoisotopic (exact) mass is 215 g/mol. The Labute approximate surface area is 93.3 Å². The molecule has 0 atom stereocenters. The summed E-state index contributed by atoms with van der Waals surface area (Å²) in [6.07, 6.45) is 4.40. The molecule has 0 saturated carbocycles. The van der Waals surface area contributed by atoms with Crippen molar-refractivity contribution in [1.29, 1.82) is 0 Å². The quantitative estimate of drug-likeness (QED) is 0.651. The first-order valence-corrected chi connectivity index (χ1v) is 5.89. The molecule has 0 unspecified atom stereocenters. The minimum absolute atomic E-state index is 0.0879. The summed E-state index contributed by atoms with van der Waals surface area (Å²) < 4.78 is 0. The summed E-state index contributed by atoms with van der Waals surface area (Å²) in [6, 6.07) is 0. The summed E-state index contributed by atoms with van der Waals surface area (Å²) in [7, 11) is 0. The van der Waals surface area contributed by atoms with E-state index in [0.717, 1.165) is 25.7 Å². The maximum Gasteiger partial charge on any atom is 0.220 e. The van der Waals surface area contributed by atoms with Crippen molar-refractivity contribution in [2.45, 2.75) is 52.9 Å². The molecule has 3 heteroatoms. The summed E-state index contributed by atoms with van der Waals surface area (Å²) in [5, 5.41) is 11.7. The van der Waals surface area contributed by atoms with Gasteiger partial charge in [-0.3, -0.25) is 4.79 Å². The third kappa shape index (κ3) is 8.43. The molecule has 0 rings (SSSR count). The molecule has 90 valence electrons. The SMILES string of the molecule is CCCCC(=O)NCC(C)(C)CCCO. The lowest BCUT2D eigenvalue weighted by Crippen LogP contribution is -2.33. The summed E-state index contributed by atoms with van der Waals surface area (Å²) in [5.41, 5.74) is 0.0879. The molecule has 2 N–H and O–H groups in total. The van der Waals surface area contributed by atoms with Crippen LogP contribution in [0.15, 0.2) is 0 Å². The van der Waals surface area contributed by atoms with Gasteiger partial charge >= 0.3 is 0 Å². The number of rotatable bonds is 8. The fourth-order valence-corrected chi connectivity index (χ4v) is 1.41. The van der Waals surface area contributed by atoms with E-state index >= 15 is 0 Å². The lowest BCUT2D eigenvalue weighted by molar-refractivity contribution is -0.121. The fourth-order valence-electron chi connectivity index (χ4n) is 1.41. The first-order valence-electron chi connectivity index (χ1n) is 5.89. The van der Waals surface area contributed by atoms with Gasteiger partial charge in [-0.2, -0.15) is 0 Å². The van der Waals surface area contributed by atoms with Crippen molar-refractivity contribution in [1.82, 2.24) is 5.32 Å². The highest BCUT2D eigenvalue weighted by molar-refractivity contribution is 5.75. The second-order valence-electron chi connectivity index (χ2n) is 4.87. The van der Waals surface area contributed by atoms with Crippen molar-refractivity contribution in [3.05, 3.63) is 0 Å². The molecule has 0 aromatic heterocycles. The molecule has 15 heavy (non-hydrogen) atoms. The van der Waals surface area contributed by atoms with E-state index in [1.807, 2.05) is 0 Å². The lowest BCUT2D eigenvalue weighted by atomic mass is 9.88. The number of aliphatic hydroxyl groups excluding tert-OH is 1. The number of amides is 1. The molecule has 3 nitrogen and oxygen atoms in total. The second-order valence-corrected chi connectivity index (χ2v) is 4.87. The molecule has 0 bridgehead atoms. The fraction of sp³-hybridized carbons (Fsp3) is 0.917. The zero-order valence-corrected chi connectivity index (χ0v) is 10.3. The molecule has 0 aliphatic rings. The molecule has 0 aromatic rings. The zero-order chi connectivity index (χ0) is 11.7. The molecule has 0 fully saturated rings. The topological polar surface area (TPSA) is 49.3 Å². The Morgan fingerprint density at radius 3 is 2.53 bits per heavy atom. The van der Waals surface area contributed by atoms with Crippen LogP contribution >= 0.6 is 0 Å². The normalized spacial score (nSPS) is 11.5. The second kappa shape index (κ2) is 7.69. The average molecular weight is 215 g/mol. The van der Waals surface area contributed by atoms with Crippen LogP contribution in [0.2, 0.25) is 0 Å². The Balaban J connectivity index is 3.67. The van der Waals surface area contributed by atoms with Crippen LogP contribution in [0.25, 0.3) is 0 Å². The molecule has 0 spiro atoms. The molecule has 0 saturated heterocycles. The van der Waals surface area contributed by atoms with Crippen LogP contribution in [0.5, 0.6) is 0 Å². The van der Waals surface area contributed by atoms with Gasteiger partial charge < -0.3 is 10.4 Å². The van der Waals surface area contributed by atoms with Crippen LogP contribution in [0.3, 0.4) is 0 Å². The minimum Gasteiger partial charge on any atom is -0.396 e. The van der Waals surface area contributed by atoms with Crippen molar-refractivity contribution in [2.24, 2.45) is 5.41 Å². The zero-order valence-electron chi connectivity index (χ0n) is 10.3. The molecule has 0 aliphatic carbocycles. The van der Waals surface area contributed by atoms with E-state index in [1.165, 1.54) is 0 Å². The van der Waals surface area contributed by atoms with Crippen molar-refractivity contribution < 1.29 is 9.90 Å². The predicted octanol–water partition coefficient (Wildman–Crippen LogP) is 2.09. The Morgan fingerprint density at radius 1 is 1.33 bits per heavy atom. The molecule has 0 aromatic carbocycles. The first kappa shape index (κ1) is 14.4. The molecular formula is C12H25NO2. The molecular weight excluding hydrogens is 190 g/mol. The molecule has 0 radical (unpaired) electrons. The summed E-state index contributed by atoms with van der Waals surface area (Å²) in [6.45, 7) is 7.24. The molecule has 0 aliphatic heterocycles. The smallest absolute Gasteiger partial charge is 0.220 e. The van der Waals surface area contributed by atoms with Gasteiger partial charge in [-0.1, -0.05) is 27.2 Å². The van der Waals surface area contributed by atoms with Gasteiger partial charge in [0.05, 0.1) is 0 Å². The maximum absolute atomic E-state index is 11.4. The van der Waals surface area contributed by atoms with Crippen LogP contribution in [-0.4, -0.2) is 24.2 Å². The Bertz CT molecular complexity index is 178. The van der Waals surface area contributed by atoms with Crippen LogP contribution in [0, 0.1) is 5.41 Å². The van der Waals surface area contributed by atoms with Crippen LogP contribution in [0.4, 0.5) is 0 Å². The van der Waals surface area contributed by atoms with E-state index in [9.17, 15) is 4.79 Å². The van der Waals surface area contributed by atoms with E-state index in [-0.39, 0.29) is 17.9 Å². The lowest BCUT2D eigenvalue weighted by Gasteiger charge is -2.24. The Kier molecular flexibility index (Phi) is 7.39. The Hall–Kier alpha value is -0.570. The number of carbonyl (C=O) groups excluding carboxylic acids is 1. The van der Waals surface area contributed by atoms with Gasteiger partial charge in [-0.05, 0) is 24.7 Å². The van der Waals surface area contributed by atoms with Gasteiger partial charge in [0.15, 0.2) is 0 Å². The van der Waals surface area contributed by atoms with E-state index in [2.05, 4.69) is 26.1 Å². The highest BCUT2D eigenvalue weighted by atomic mass is 16.2. The number of carbonyl (C=O) groups is 1. The molecule has 1 amide bonds. The van der Waals surface area contributed by atoms with Gasteiger partial charge in [0.2, 0.25) is 5.91 Å². The van der Waals surface area contributed by atoms with Crippen molar-refractivity contribution in [3.8, 4) is 0 Å². The van der Waals surface area contributed by atoms with Crippen molar-refractivity contribution in [2.75, 3.05) is 13.2 Å². The van der Waals surface area contributed by atoms with Gasteiger partial charge in [0, 0.05) is 19.6 Å². The number of hydrogen-bond donors (Lipinski definition) is 2. The van der Waals surface area contributed by atoms with Crippen molar-refractivity contribution in [3.63, 3.8) is 0 Å². The van der Waals surface area contributed by atoms with Gasteiger partial charge in [-0.15, -0.1) is 0 Å². The van der Waals surface area contributed by atoms with E-state index < -0.39 is 0 Å². The summed E-state index contributed by atoms with van der Waals surface area (Å²) in [4.78, 5) is 11.4. The van der Waals surface area contributed by atoms with Gasteiger partial charge in [0.25, 0.3) is 0 Å². The third-order valence-electron chi connectivity index (χ3n) is 2.53. The summed E-state index contributed by atoms with van der Waals surface area (Å²) >= 11 is 0. The van der Waals surface area contributed by atoms with Crippen LogP contribution < -0.4 is 5.32 Å². The van der Waals surface area contributed by atoms with E-state index in [0.29, 0.717) is 13.0 Å². The first-order chi connectivity index (χ1) is 7.02. The standard InChI is InChI=1S/C12H25NO2/c1-4-5-7-11(15)13-10-12(2,3)8-6-9-14/h14H,4-10H2,1-3H3,(H,13,15). The summed E-state index contributed by atoms with van der Waals surface area (Å²) in [5.74, 6) is 0.147. The third-order valence-corrected chi connectivity index (χ3v) is 2.53. The molecule has 0 heterocycles. The number of nitrogens with one attached hydrogen (secondary N) is 1. The minimum atomic E-state index is 0.0879. The van der Waals surface area contributed by atoms with Gasteiger partial charge in [0.1, 0.15) is 0 Å². The Morgan fingerprint density at radius 2 is 2.00 bits per heavy atom. The number of unbranched alkanes of at least 4 members (excludes halogenated alkanes) is 1. The van der Waals surface area contributed by atoms with Crippen molar-refractivity contribution >= 4 is 5.91 Å². The van der Waals surface area contributed by atoms with E-state index in [1.54, 1.807) is 0 Å². The highest BCUT2D eigenvalue weighted by Gasteiger charge is 2.17. The van der Waals surface area contributed by atoms with Gasteiger partial charge in [-0.25, -0.2) is 0 Å².